The third-order valence-corrected chi connectivity index (χ3v) is 2.76. The van der Waals surface area contributed by atoms with Gasteiger partial charge < -0.3 is 20.1 Å². The molecule has 0 bridgehead atoms. The normalized spacial score (nSPS) is 10.0. The standard InChI is InChI=1S/C16H28N2O4/c1-3-5-7-15(19)17-9-11-21-13-14-22-12-10-18-16(20)8-6-4-2/h1H,4-14H2,2H3,(H,17,19)(H,18,20). The average Bonchev–Trinajstić information content (AvgIpc) is 2.52. The van der Waals surface area contributed by atoms with E-state index in [0.717, 1.165) is 12.8 Å². The van der Waals surface area contributed by atoms with Crippen LogP contribution in [0, 0.1) is 12.3 Å². The van der Waals surface area contributed by atoms with Gasteiger partial charge in [0.15, 0.2) is 0 Å². The molecular formula is C16H28N2O4. The third kappa shape index (κ3) is 14.8. The summed E-state index contributed by atoms with van der Waals surface area (Å²) in [6.07, 6.45) is 8.38. The van der Waals surface area contributed by atoms with E-state index in [9.17, 15) is 9.59 Å². The van der Waals surface area contributed by atoms with Crippen LogP contribution in [0.1, 0.15) is 39.0 Å². The van der Waals surface area contributed by atoms with Gasteiger partial charge in [0.1, 0.15) is 0 Å². The molecule has 0 aromatic rings. The SMILES string of the molecule is C#CCCC(=O)NCCOCCOCCNC(=O)CCCC. The van der Waals surface area contributed by atoms with Gasteiger partial charge in [-0.1, -0.05) is 13.3 Å². The van der Waals surface area contributed by atoms with Gasteiger partial charge in [0.2, 0.25) is 11.8 Å². The second-order valence-corrected chi connectivity index (χ2v) is 4.73. The molecule has 0 aromatic carbocycles. The monoisotopic (exact) mass is 312 g/mol. The predicted octanol–water partition coefficient (Wildman–Crippen LogP) is 0.856. The molecule has 0 radical (unpaired) electrons. The highest BCUT2D eigenvalue weighted by molar-refractivity contribution is 5.76. The zero-order valence-corrected chi connectivity index (χ0v) is 13.5. The molecule has 6 nitrogen and oxygen atoms in total. The Bertz CT molecular complexity index is 340. The van der Waals surface area contributed by atoms with Crippen LogP contribution in [0.15, 0.2) is 0 Å². The molecule has 0 aliphatic heterocycles. The molecular weight excluding hydrogens is 284 g/mol. The highest BCUT2D eigenvalue weighted by Gasteiger charge is 1.99. The fraction of sp³-hybridized carbons (Fsp3) is 0.750. The van der Waals surface area contributed by atoms with Crippen molar-refractivity contribution in [1.82, 2.24) is 10.6 Å². The maximum absolute atomic E-state index is 11.3. The summed E-state index contributed by atoms with van der Waals surface area (Å²) in [5, 5.41) is 5.50. The number of ether oxygens (including phenoxy) is 2. The minimum atomic E-state index is -0.0587. The molecule has 0 aliphatic carbocycles. The Kier molecular flexibility index (Phi) is 14.7. The molecule has 126 valence electrons. The van der Waals surface area contributed by atoms with Crippen molar-refractivity contribution in [3.63, 3.8) is 0 Å². The lowest BCUT2D eigenvalue weighted by Gasteiger charge is -2.08. The van der Waals surface area contributed by atoms with Crippen LogP contribution in [0.2, 0.25) is 0 Å². The first-order valence-electron chi connectivity index (χ1n) is 7.83. The van der Waals surface area contributed by atoms with Gasteiger partial charge in [-0.2, -0.15) is 0 Å². The van der Waals surface area contributed by atoms with Crippen LogP contribution < -0.4 is 10.6 Å². The van der Waals surface area contributed by atoms with E-state index in [2.05, 4.69) is 23.5 Å². The topological polar surface area (TPSA) is 76.7 Å². The summed E-state index contributed by atoms with van der Waals surface area (Å²) in [6, 6.07) is 0. The largest absolute Gasteiger partial charge is 0.377 e. The minimum absolute atomic E-state index is 0.0587. The van der Waals surface area contributed by atoms with Crippen molar-refractivity contribution in [1.29, 1.82) is 0 Å². The number of terminal acetylenes is 1. The lowest BCUT2D eigenvalue weighted by Crippen LogP contribution is -2.28. The number of carbonyl (C=O) groups excluding carboxylic acids is 2. The molecule has 0 aliphatic rings. The second kappa shape index (κ2) is 15.8. The number of nitrogens with one attached hydrogen (secondary N) is 2. The highest BCUT2D eigenvalue weighted by atomic mass is 16.5. The molecule has 0 unspecified atom stereocenters. The van der Waals surface area contributed by atoms with Gasteiger partial charge in [-0.15, -0.1) is 12.3 Å². The van der Waals surface area contributed by atoms with Crippen LogP contribution >= 0.6 is 0 Å². The van der Waals surface area contributed by atoms with Crippen LogP contribution in [-0.4, -0.2) is 51.3 Å². The van der Waals surface area contributed by atoms with E-state index in [-0.39, 0.29) is 11.8 Å². The minimum Gasteiger partial charge on any atom is -0.377 e. The predicted molar refractivity (Wildman–Crippen MR) is 85.2 cm³/mol. The number of unbranched alkanes of at least 4 members (excludes halogenated alkanes) is 1. The van der Waals surface area contributed by atoms with Crippen molar-refractivity contribution < 1.29 is 19.1 Å². The Labute approximate surface area is 133 Å². The molecule has 2 N–H and O–H groups in total. The van der Waals surface area contributed by atoms with Gasteiger partial charge in [-0.3, -0.25) is 9.59 Å². The van der Waals surface area contributed by atoms with E-state index in [1.165, 1.54) is 0 Å². The van der Waals surface area contributed by atoms with Gasteiger partial charge in [-0.25, -0.2) is 0 Å². The van der Waals surface area contributed by atoms with Gasteiger partial charge in [0.25, 0.3) is 0 Å². The Balaban J connectivity index is 3.19. The Morgan fingerprint density at radius 1 is 0.955 bits per heavy atom. The number of carbonyl (C=O) groups is 2. The van der Waals surface area contributed by atoms with Gasteiger partial charge >= 0.3 is 0 Å². The van der Waals surface area contributed by atoms with Crippen molar-refractivity contribution >= 4 is 11.8 Å². The van der Waals surface area contributed by atoms with Crippen LogP contribution in [0.25, 0.3) is 0 Å². The van der Waals surface area contributed by atoms with Crippen molar-refractivity contribution in [2.75, 3.05) is 39.5 Å². The molecule has 0 saturated heterocycles. The number of hydrogen-bond acceptors (Lipinski definition) is 4. The molecule has 0 heterocycles. The quantitative estimate of drug-likeness (QED) is 0.368. The maximum Gasteiger partial charge on any atom is 0.221 e. The van der Waals surface area contributed by atoms with Gasteiger partial charge in [-0.05, 0) is 6.42 Å². The van der Waals surface area contributed by atoms with Crippen molar-refractivity contribution in [2.24, 2.45) is 0 Å². The number of hydrogen-bond donors (Lipinski definition) is 2. The molecule has 0 rings (SSSR count). The van der Waals surface area contributed by atoms with E-state index in [1.807, 2.05) is 0 Å². The first-order chi connectivity index (χ1) is 10.7. The molecule has 22 heavy (non-hydrogen) atoms. The number of rotatable bonds is 14. The zero-order valence-electron chi connectivity index (χ0n) is 13.5. The summed E-state index contributed by atoms with van der Waals surface area (Å²) in [5.41, 5.74) is 0. The van der Waals surface area contributed by atoms with E-state index in [0.29, 0.717) is 58.8 Å². The third-order valence-electron chi connectivity index (χ3n) is 2.76. The van der Waals surface area contributed by atoms with Gasteiger partial charge in [0, 0.05) is 32.4 Å². The Hall–Kier alpha value is -1.58. The molecule has 0 spiro atoms. The smallest absolute Gasteiger partial charge is 0.221 e. The summed E-state index contributed by atoms with van der Waals surface area (Å²) in [5.74, 6) is 2.43. The molecule has 0 saturated carbocycles. The first-order valence-corrected chi connectivity index (χ1v) is 7.83. The first kappa shape index (κ1) is 20.4. The molecule has 0 fully saturated rings. The van der Waals surface area contributed by atoms with Crippen LogP contribution in [0.4, 0.5) is 0 Å². The summed E-state index contributed by atoms with van der Waals surface area (Å²) in [4.78, 5) is 22.5. The molecule has 6 heteroatoms. The fourth-order valence-electron chi connectivity index (χ4n) is 1.55. The highest BCUT2D eigenvalue weighted by Crippen LogP contribution is 1.92. The molecule has 0 aromatic heterocycles. The fourth-order valence-corrected chi connectivity index (χ4v) is 1.55. The lowest BCUT2D eigenvalue weighted by atomic mass is 10.2. The van der Waals surface area contributed by atoms with Crippen molar-refractivity contribution in [3.8, 4) is 12.3 Å². The zero-order chi connectivity index (χ0) is 16.5. The van der Waals surface area contributed by atoms with E-state index in [1.54, 1.807) is 0 Å². The number of amides is 2. The summed E-state index contributed by atoms with van der Waals surface area (Å²) >= 11 is 0. The summed E-state index contributed by atoms with van der Waals surface area (Å²) < 4.78 is 10.6. The second-order valence-electron chi connectivity index (χ2n) is 4.73. The van der Waals surface area contributed by atoms with Gasteiger partial charge in [0.05, 0.1) is 26.4 Å². The summed E-state index contributed by atoms with van der Waals surface area (Å²) in [6.45, 7) is 4.90. The van der Waals surface area contributed by atoms with E-state index in [4.69, 9.17) is 15.9 Å². The van der Waals surface area contributed by atoms with Crippen LogP contribution in [-0.2, 0) is 19.1 Å². The maximum atomic E-state index is 11.3. The molecule has 2 amide bonds. The van der Waals surface area contributed by atoms with E-state index >= 15 is 0 Å². The van der Waals surface area contributed by atoms with E-state index < -0.39 is 0 Å². The average molecular weight is 312 g/mol. The van der Waals surface area contributed by atoms with Crippen molar-refractivity contribution in [3.05, 3.63) is 0 Å². The Morgan fingerprint density at radius 2 is 1.50 bits per heavy atom. The van der Waals surface area contributed by atoms with Crippen LogP contribution in [0.3, 0.4) is 0 Å². The Morgan fingerprint density at radius 3 is 2.00 bits per heavy atom. The summed E-state index contributed by atoms with van der Waals surface area (Å²) in [7, 11) is 0. The van der Waals surface area contributed by atoms with Crippen molar-refractivity contribution in [2.45, 2.75) is 39.0 Å². The molecule has 0 atom stereocenters. The van der Waals surface area contributed by atoms with Crippen LogP contribution in [0.5, 0.6) is 0 Å². The lowest BCUT2D eigenvalue weighted by molar-refractivity contribution is -0.122.